The van der Waals surface area contributed by atoms with Gasteiger partial charge in [0.25, 0.3) is 5.89 Å². The molecule has 16 heavy (non-hydrogen) atoms. The highest BCUT2D eigenvalue weighted by molar-refractivity contribution is 5.45. The first-order valence-electron chi connectivity index (χ1n) is 5.15. The number of ether oxygens (including phenoxy) is 1. The fourth-order valence-electron chi connectivity index (χ4n) is 1.66. The summed E-state index contributed by atoms with van der Waals surface area (Å²) >= 11 is 0. The molecule has 3 heterocycles. The molecule has 0 spiro atoms. The molecule has 0 bridgehead atoms. The topological polar surface area (TPSA) is 73.9 Å². The van der Waals surface area contributed by atoms with Crippen molar-refractivity contribution in [1.82, 2.24) is 20.1 Å². The van der Waals surface area contributed by atoms with Gasteiger partial charge in [0.1, 0.15) is 11.8 Å². The van der Waals surface area contributed by atoms with Gasteiger partial charge in [-0.1, -0.05) is 5.16 Å². The summed E-state index contributed by atoms with van der Waals surface area (Å²) in [4.78, 5) is 12.3. The lowest BCUT2D eigenvalue weighted by molar-refractivity contribution is 0.0835. The molecule has 1 saturated heterocycles. The maximum Gasteiger partial charge on any atom is 0.256 e. The summed E-state index contributed by atoms with van der Waals surface area (Å²) in [5.41, 5.74) is 0.607. The van der Waals surface area contributed by atoms with Crippen molar-refractivity contribution >= 4 is 0 Å². The summed E-state index contributed by atoms with van der Waals surface area (Å²) in [6.07, 6.45) is 6.71. The second-order valence-corrected chi connectivity index (χ2v) is 3.55. The zero-order valence-electron chi connectivity index (χ0n) is 8.54. The van der Waals surface area contributed by atoms with Gasteiger partial charge in [0, 0.05) is 19.0 Å². The van der Waals surface area contributed by atoms with E-state index in [1.807, 2.05) is 0 Å². The van der Waals surface area contributed by atoms with E-state index in [0.717, 1.165) is 19.4 Å². The average Bonchev–Trinajstić information content (AvgIpc) is 3.01. The van der Waals surface area contributed by atoms with E-state index in [1.54, 1.807) is 18.6 Å². The van der Waals surface area contributed by atoms with Crippen LogP contribution in [0, 0.1) is 0 Å². The van der Waals surface area contributed by atoms with Gasteiger partial charge in [0.15, 0.2) is 0 Å². The number of aromatic nitrogens is 4. The average molecular weight is 218 g/mol. The van der Waals surface area contributed by atoms with Crippen LogP contribution in [-0.2, 0) is 4.74 Å². The van der Waals surface area contributed by atoms with Gasteiger partial charge in [-0.25, -0.2) is 4.98 Å². The van der Waals surface area contributed by atoms with Gasteiger partial charge in [0.2, 0.25) is 5.82 Å². The van der Waals surface area contributed by atoms with Crippen LogP contribution in [0.3, 0.4) is 0 Å². The minimum absolute atomic E-state index is 0.0575. The van der Waals surface area contributed by atoms with Crippen LogP contribution >= 0.6 is 0 Å². The Kier molecular flexibility index (Phi) is 2.34. The van der Waals surface area contributed by atoms with Gasteiger partial charge in [0.05, 0.1) is 6.20 Å². The predicted molar refractivity (Wildman–Crippen MR) is 53.3 cm³/mol. The van der Waals surface area contributed by atoms with Crippen molar-refractivity contribution < 1.29 is 9.26 Å². The molecule has 0 saturated carbocycles. The van der Waals surface area contributed by atoms with Crippen molar-refractivity contribution in [3.63, 3.8) is 0 Å². The number of nitrogens with zero attached hydrogens (tertiary/aromatic N) is 4. The summed E-state index contributed by atoms with van der Waals surface area (Å²) in [5.74, 6) is 0.983. The molecule has 3 rings (SSSR count). The fraction of sp³-hybridized carbons (Fsp3) is 0.400. The Balaban J connectivity index is 1.87. The van der Waals surface area contributed by atoms with Crippen LogP contribution in [0.25, 0.3) is 11.5 Å². The van der Waals surface area contributed by atoms with E-state index in [1.165, 1.54) is 0 Å². The van der Waals surface area contributed by atoms with E-state index in [4.69, 9.17) is 9.26 Å². The third-order valence-corrected chi connectivity index (χ3v) is 2.44. The SMILES string of the molecule is c1cnc(-c2noc([C@@H]3CCCO3)n2)cn1. The van der Waals surface area contributed by atoms with Crippen molar-refractivity contribution in [3.8, 4) is 11.5 Å². The molecule has 82 valence electrons. The summed E-state index contributed by atoms with van der Waals surface area (Å²) < 4.78 is 10.6. The lowest BCUT2D eigenvalue weighted by atomic mass is 10.2. The van der Waals surface area contributed by atoms with E-state index in [2.05, 4.69) is 20.1 Å². The molecule has 0 amide bonds. The van der Waals surface area contributed by atoms with Crippen LogP contribution in [-0.4, -0.2) is 26.7 Å². The molecule has 6 nitrogen and oxygen atoms in total. The quantitative estimate of drug-likeness (QED) is 0.758. The molecule has 0 unspecified atom stereocenters. The monoisotopic (exact) mass is 218 g/mol. The maximum absolute atomic E-state index is 5.46. The van der Waals surface area contributed by atoms with E-state index < -0.39 is 0 Å². The van der Waals surface area contributed by atoms with E-state index in [-0.39, 0.29) is 6.10 Å². The van der Waals surface area contributed by atoms with Crippen LogP contribution in [0.4, 0.5) is 0 Å². The summed E-state index contributed by atoms with van der Waals surface area (Å²) in [6.45, 7) is 0.757. The molecule has 0 radical (unpaired) electrons. The van der Waals surface area contributed by atoms with Crippen LogP contribution in [0.2, 0.25) is 0 Å². The van der Waals surface area contributed by atoms with Gasteiger partial charge in [-0.05, 0) is 12.8 Å². The van der Waals surface area contributed by atoms with E-state index in [9.17, 15) is 0 Å². The zero-order valence-corrected chi connectivity index (χ0v) is 8.54. The van der Waals surface area contributed by atoms with E-state index in [0.29, 0.717) is 17.4 Å². The molecule has 2 aromatic heterocycles. The van der Waals surface area contributed by atoms with Crippen molar-refractivity contribution in [2.24, 2.45) is 0 Å². The first-order valence-corrected chi connectivity index (χ1v) is 5.15. The summed E-state index contributed by atoms with van der Waals surface area (Å²) in [5, 5.41) is 3.86. The lowest BCUT2D eigenvalue weighted by Gasteiger charge is -2.00. The second-order valence-electron chi connectivity index (χ2n) is 3.55. The van der Waals surface area contributed by atoms with Crippen molar-refractivity contribution in [2.45, 2.75) is 18.9 Å². The Bertz CT molecular complexity index is 465. The van der Waals surface area contributed by atoms with Gasteiger partial charge in [-0.3, -0.25) is 4.98 Å². The molecule has 1 fully saturated rings. The Morgan fingerprint density at radius 3 is 3.06 bits per heavy atom. The van der Waals surface area contributed by atoms with Crippen molar-refractivity contribution in [2.75, 3.05) is 6.61 Å². The largest absolute Gasteiger partial charge is 0.368 e. The molecular formula is C10H10N4O2. The Labute approximate surface area is 91.7 Å². The molecule has 1 atom stereocenters. The van der Waals surface area contributed by atoms with Gasteiger partial charge < -0.3 is 9.26 Å². The lowest BCUT2D eigenvalue weighted by Crippen LogP contribution is -1.95. The number of hydrogen-bond acceptors (Lipinski definition) is 6. The highest BCUT2D eigenvalue weighted by Gasteiger charge is 2.24. The first kappa shape index (κ1) is 9.41. The second kappa shape index (κ2) is 3.97. The van der Waals surface area contributed by atoms with Crippen LogP contribution in [0.15, 0.2) is 23.1 Å². The molecule has 1 aliphatic heterocycles. The highest BCUT2D eigenvalue weighted by atomic mass is 16.5. The number of hydrogen-bond donors (Lipinski definition) is 0. The third kappa shape index (κ3) is 1.67. The Morgan fingerprint density at radius 1 is 1.31 bits per heavy atom. The molecule has 0 aliphatic carbocycles. The molecule has 0 N–H and O–H groups in total. The molecular weight excluding hydrogens is 208 g/mol. The minimum atomic E-state index is -0.0575. The van der Waals surface area contributed by atoms with Crippen molar-refractivity contribution in [1.29, 1.82) is 0 Å². The zero-order chi connectivity index (χ0) is 10.8. The summed E-state index contributed by atoms with van der Waals surface area (Å²) in [6, 6.07) is 0. The normalized spacial score (nSPS) is 20.1. The smallest absolute Gasteiger partial charge is 0.256 e. The Hall–Kier alpha value is -1.82. The standard InChI is InChI=1S/C10H10N4O2/c1-2-8(15-5-1)10-13-9(14-16-10)7-6-11-3-4-12-7/h3-4,6,8H,1-2,5H2/t8-/m0/s1. The first-order chi connectivity index (χ1) is 7.93. The Morgan fingerprint density at radius 2 is 2.31 bits per heavy atom. The predicted octanol–water partition coefficient (Wildman–Crippen LogP) is 1.38. The minimum Gasteiger partial charge on any atom is -0.368 e. The van der Waals surface area contributed by atoms with Gasteiger partial charge >= 0.3 is 0 Å². The maximum atomic E-state index is 5.46. The number of rotatable bonds is 2. The molecule has 0 aromatic carbocycles. The van der Waals surface area contributed by atoms with E-state index >= 15 is 0 Å². The molecule has 6 heteroatoms. The third-order valence-electron chi connectivity index (χ3n) is 2.44. The van der Waals surface area contributed by atoms with Crippen molar-refractivity contribution in [3.05, 3.63) is 24.5 Å². The van der Waals surface area contributed by atoms with Crippen LogP contribution in [0.5, 0.6) is 0 Å². The van der Waals surface area contributed by atoms with Gasteiger partial charge in [-0.15, -0.1) is 0 Å². The fourth-order valence-corrected chi connectivity index (χ4v) is 1.66. The van der Waals surface area contributed by atoms with Crippen LogP contribution < -0.4 is 0 Å². The molecule has 2 aromatic rings. The van der Waals surface area contributed by atoms with Crippen LogP contribution in [0.1, 0.15) is 24.8 Å². The molecule has 1 aliphatic rings. The summed E-state index contributed by atoms with van der Waals surface area (Å²) in [7, 11) is 0. The highest BCUT2D eigenvalue weighted by Crippen LogP contribution is 2.28. The van der Waals surface area contributed by atoms with Gasteiger partial charge in [-0.2, -0.15) is 4.98 Å².